The van der Waals surface area contributed by atoms with Crippen molar-refractivity contribution < 1.29 is 13.9 Å². The van der Waals surface area contributed by atoms with E-state index < -0.39 is 0 Å². The van der Waals surface area contributed by atoms with E-state index in [1.807, 2.05) is 36.9 Å². The number of halogens is 1. The largest absolute Gasteiger partial charge is 0.378 e. The van der Waals surface area contributed by atoms with E-state index in [1.54, 1.807) is 12.3 Å². The van der Waals surface area contributed by atoms with Gasteiger partial charge in [-0.2, -0.15) is 0 Å². The Morgan fingerprint density at radius 1 is 1.05 bits per heavy atom. The molecule has 8 nitrogen and oxygen atoms in total. The number of piperidine rings is 1. The highest BCUT2D eigenvalue weighted by Gasteiger charge is 2.26. The first-order chi connectivity index (χ1) is 18.5. The lowest BCUT2D eigenvalue weighted by molar-refractivity contribution is -0.135. The third-order valence-corrected chi connectivity index (χ3v) is 7.72. The van der Waals surface area contributed by atoms with Crippen molar-refractivity contribution in [2.75, 3.05) is 44.3 Å². The highest BCUT2D eigenvalue weighted by Crippen LogP contribution is 2.33. The Morgan fingerprint density at radius 2 is 1.84 bits per heavy atom. The third-order valence-electron chi connectivity index (χ3n) is 7.72. The molecule has 2 saturated heterocycles. The lowest BCUT2D eigenvalue weighted by Crippen LogP contribution is -2.41. The van der Waals surface area contributed by atoms with Crippen LogP contribution >= 0.6 is 0 Å². The highest BCUT2D eigenvalue weighted by molar-refractivity contribution is 5.96. The molecule has 1 aromatic carbocycles. The first-order valence-electron chi connectivity index (χ1n) is 13.5. The smallest absolute Gasteiger partial charge is 0.225 e. The summed E-state index contributed by atoms with van der Waals surface area (Å²) in [4.78, 5) is 34.4. The summed E-state index contributed by atoms with van der Waals surface area (Å²) in [6, 6.07) is 9.06. The number of carbonyl (C=O) groups is 1. The van der Waals surface area contributed by atoms with Gasteiger partial charge >= 0.3 is 0 Å². The number of likely N-dealkylation sites (tertiary alicyclic amines) is 1. The van der Waals surface area contributed by atoms with E-state index in [0.717, 1.165) is 60.3 Å². The number of aromatic amines is 1. The number of ether oxygens (including phenoxy) is 1. The number of carbonyl (C=O) groups excluding carboxylic acids is 1. The number of hydrogen-bond acceptors (Lipinski definition) is 6. The summed E-state index contributed by atoms with van der Waals surface area (Å²) in [7, 11) is 0. The van der Waals surface area contributed by atoms with Gasteiger partial charge in [-0.1, -0.05) is 13.8 Å². The number of amides is 1. The van der Waals surface area contributed by atoms with Crippen LogP contribution in [0.2, 0.25) is 0 Å². The maximum atomic E-state index is 15.1. The number of pyridine rings is 1. The van der Waals surface area contributed by atoms with Crippen LogP contribution in [0.3, 0.4) is 0 Å². The molecule has 4 aromatic rings. The molecule has 0 bridgehead atoms. The molecule has 0 saturated carbocycles. The SMILES string of the molecule is CC(C)C(=O)N1CCC(Cc2ccc3nc(-c4c(F)ccc5[nH]ccc45)nc(N4CCOCC4)c3n2)CC1. The van der Waals surface area contributed by atoms with Gasteiger partial charge in [0.25, 0.3) is 0 Å². The van der Waals surface area contributed by atoms with Crippen molar-refractivity contribution in [2.45, 2.75) is 33.1 Å². The van der Waals surface area contributed by atoms with Gasteiger partial charge in [-0.05, 0) is 55.5 Å². The average Bonchev–Trinajstić information content (AvgIpc) is 3.42. The molecule has 2 fully saturated rings. The first-order valence-corrected chi connectivity index (χ1v) is 13.5. The van der Waals surface area contributed by atoms with Gasteiger partial charge in [0, 0.05) is 54.9 Å². The zero-order valence-corrected chi connectivity index (χ0v) is 21.9. The Kier molecular flexibility index (Phi) is 6.69. The van der Waals surface area contributed by atoms with E-state index in [-0.39, 0.29) is 17.6 Å². The van der Waals surface area contributed by atoms with Gasteiger partial charge in [0.05, 0.1) is 24.3 Å². The molecule has 0 radical (unpaired) electrons. The van der Waals surface area contributed by atoms with E-state index in [2.05, 4.69) is 9.88 Å². The van der Waals surface area contributed by atoms with Crippen molar-refractivity contribution >= 4 is 33.7 Å². The van der Waals surface area contributed by atoms with Gasteiger partial charge < -0.3 is 19.5 Å². The zero-order chi connectivity index (χ0) is 26.2. The Bertz CT molecular complexity index is 1470. The van der Waals surface area contributed by atoms with E-state index in [9.17, 15) is 4.79 Å². The fraction of sp³-hybridized carbons (Fsp3) is 0.448. The van der Waals surface area contributed by atoms with Gasteiger partial charge in [0.1, 0.15) is 11.3 Å². The Balaban J connectivity index is 1.34. The van der Waals surface area contributed by atoms with Crippen LogP contribution in [0.1, 0.15) is 32.4 Å². The van der Waals surface area contributed by atoms with Gasteiger partial charge in [-0.15, -0.1) is 0 Å². The molecule has 0 unspecified atom stereocenters. The number of hydrogen-bond donors (Lipinski definition) is 1. The van der Waals surface area contributed by atoms with Crippen molar-refractivity contribution in [1.29, 1.82) is 0 Å². The second-order valence-corrected chi connectivity index (χ2v) is 10.6. The van der Waals surface area contributed by atoms with Crippen LogP contribution in [-0.4, -0.2) is 70.1 Å². The summed E-state index contributed by atoms with van der Waals surface area (Å²) >= 11 is 0. The van der Waals surface area contributed by atoms with Gasteiger partial charge in [0.15, 0.2) is 11.6 Å². The number of morpholine rings is 1. The number of nitrogens with zero attached hydrogens (tertiary/aromatic N) is 5. The predicted molar refractivity (Wildman–Crippen MR) is 145 cm³/mol. The summed E-state index contributed by atoms with van der Waals surface area (Å²) < 4.78 is 20.7. The topological polar surface area (TPSA) is 87.2 Å². The van der Waals surface area contributed by atoms with Crippen LogP contribution in [0.25, 0.3) is 33.3 Å². The van der Waals surface area contributed by atoms with Gasteiger partial charge in [-0.3, -0.25) is 4.79 Å². The normalized spacial score (nSPS) is 17.2. The molecule has 198 valence electrons. The summed E-state index contributed by atoms with van der Waals surface area (Å²) in [5, 5.41) is 0.754. The number of anilines is 1. The van der Waals surface area contributed by atoms with Crippen LogP contribution in [0.15, 0.2) is 36.5 Å². The van der Waals surface area contributed by atoms with E-state index in [1.165, 1.54) is 6.07 Å². The minimum absolute atomic E-state index is 0.0370. The molecule has 2 aliphatic rings. The van der Waals surface area contributed by atoms with Crippen LogP contribution < -0.4 is 4.90 Å². The predicted octanol–water partition coefficient (Wildman–Crippen LogP) is 4.59. The monoisotopic (exact) mass is 516 g/mol. The highest BCUT2D eigenvalue weighted by atomic mass is 19.1. The summed E-state index contributed by atoms with van der Waals surface area (Å²) in [6.45, 7) is 8.12. The van der Waals surface area contributed by atoms with E-state index >= 15 is 4.39 Å². The molecular weight excluding hydrogens is 483 g/mol. The van der Waals surface area contributed by atoms with Crippen molar-refractivity contribution in [3.63, 3.8) is 0 Å². The molecule has 0 spiro atoms. The second-order valence-electron chi connectivity index (χ2n) is 10.6. The van der Waals surface area contributed by atoms with Gasteiger partial charge in [0.2, 0.25) is 5.91 Å². The molecule has 0 atom stereocenters. The van der Waals surface area contributed by atoms with Crippen molar-refractivity contribution in [1.82, 2.24) is 24.8 Å². The van der Waals surface area contributed by atoms with Crippen LogP contribution in [0.4, 0.5) is 10.2 Å². The fourth-order valence-electron chi connectivity index (χ4n) is 5.61. The number of aromatic nitrogens is 4. The molecule has 2 aliphatic heterocycles. The molecule has 9 heteroatoms. The molecule has 5 heterocycles. The van der Waals surface area contributed by atoms with Gasteiger partial charge in [-0.25, -0.2) is 19.3 Å². The van der Waals surface area contributed by atoms with E-state index in [0.29, 0.717) is 49.1 Å². The summed E-state index contributed by atoms with van der Waals surface area (Å²) in [5.41, 5.74) is 3.67. The van der Waals surface area contributed by atoms with Crippen LogP contribution in [-0.2, 0) is 16.0 Å². The number of H-pyrrole nitrogens is 1. The molecule has 3 aromatic heterocycles. The van der Waals surface area contributed by atoms with E-state index in [4.69, 9.17) is 19.7 Å². The summed E-state index contributed by atoms with van der Waals surface area (Å²) in [5.74, 6) is 1.48. The van der Waals surface area contributed by atoms with Crippen molar-refractivity contribution in [3.8, 4) is 11.4 Å². The number of benzene rings is 1. The second kappa shape index (κ2) is 10.3. The zero-order valence-electron chi connectivity index (χ0n) is 21.9. The fourth-order valence-corrected chi connectivity index (χ4v) is 5.61. The average molecular weight is 517 g/mol. The number of nitrogens with one attached hydrogen (secondary N) is 1. The number of fused-ring (bicyclic) bond motifs is 2. The maximum absolute atomic E-state index is 15.1. The lowest BCUT2D eigenvalue weighted by Gasteiger charge is -2.33. The molecular formula is C29H33FN6O2. The molecule has 1 amide bonds. The minimum atomic E-state index is -0.351. The van der Waals surface area contributed by atoms with Crippen molar-refractivity contribution in [3.05, 3.63) is 48.0 Å². The molecule has 6 rings (SSSR count). The quantitative estimate of drug-likeness (QED) is 0.418. The maximum Gasteiger partial charge on any atom is 0.225 e. The minimum Gasteiger partial charge on any atom is -0.378 e. The van der Waals surface area contributed by atoms with Crippen LogP contribution in [0, 0.1) is 17.7 Å². The van der Waals surface area contributed by atoms with Crippen molar-refractivity contribution in [2.24, 2.45) is 11.8 Å². The number of rotatable bonds is 5. The lowest BCUT2D eigenvalue weighted by atomic mass is 9.91. The molecule has 1 N–H and O–H groups in total. The Morgan fingerprint density at radius 3 is 2.61 bits per heavy atom. The molecule has 38 heavy (non-hydrogen) atoms. The Labute approximate surface area is 221 Å². The third kappa shape index (κ3) is 4.71. The summed E-state index contributed by atoms with van der Waals surface area (Å²) in [6.07, 6.45) is 4.60. The van der Waals surface area contributed by atoms with Crippen LogP contribution in [0.5, 0.6) is 0 Å². The first kappa shape index (κ1) is 24.7. The standard InChI is InChI=1S/C29H33FN6O2/c1-18(2)29(37)36-11-8-19(9-12-36)17-20-3-5-24-26(32-20)28(35-13-15-38-16-14-35)34-27(33-24)25-21-7-10-31-23(21)6-4-22(25)30/h3-7,10,18-19,31H,8-9,11-17H2,1-2H3. The molecule has 0 aliphatic carbocycles. The Hall–Kier alpha value is -3.59.